The number of hydrogen-bond donors (Lipinski definition) is 1. The minimum absolute atomic E-state index is 0.704. The van der Waals surface area contributed by atoms with Gasteiger partial charge in [-0.25, -0.2) is 0 Å². The monoisotopic (exact) mass is 123 g/mol. The lowest BCUT2D eigenvalue weighted by Crippen LogP contribution is -1.97. The summed E-state index contributed by atoms with van der Waals surface area (Å²) in [5.74, 6) is 0.704. The third kappa shape index (κ3) is 1.35. The average Bonchev–Trinajstić information content (AvgIpc) is 2.37. The molecule has 9 heavy (non-hydrogen) atoms. The van der Waals surface area contributed by atoms with Gasteiger partial charge >= 0.3 is 0 Å². The molecule has 0 aliphatic heterocycles. The van der Waals surface area contributed by atoms with Crippen LogP contribution in [0.4, 0.5) is 0 Å². The van der Waals surface area contributed by atoms with Gasteiger partial charge in [0.2, 0.25) is 0 Å². The van der Waals surface area contributed by atoms with Crippen LogP contribution in [0.3, 0.4) is 0 Å². The van der Waals surface area contributed by atoms with Gasteiger partial charge in [-0.3, -0.25) is 0 Å². The maximum atomic E-state index is 5.36. The van der Waals surface area contributed by atoms with Crippen LogP contribution in [0.2, 0.25) is 0 Å². The van der Waals surface area contributed by atoms with E-state index in [4.69, 9.17) is 5.73 Å². The normalized spacial score (nSPS) is 21.2. The van der Waals surface area contributed by atoms with Crippen LogP contribution in [0, 0.1) is 5.92 Å². The van der Waals surface area contributed by atoms with E-state index in [2.05, 4.69) is 19.1 Å². The zero-order valence-electron chi connectivity index (χ0n) is 5.80. The van der Waals surface area contributed by atoms with Crippen LogP contribution in [-0.2, 0) is 0 Å². The zero-order valence-corrected chi connectivity index (χ0v) is 5.80. The quantitative estimate of drug-likeness (QED) is 0.529. The third-order valence-corrected chi connectivity index (χ3v) is 1.91. The van der Waals surface area contributed by atoms with Crippen molar-refractivity contribution >= 4 is 0 Å². The van der Waals surface area contributed by atoms with E-state index < -0.39 is 0 Å². The zero-order chi connectivity index (χ0) is 6.69. The maximum absolute atomic E-state index is 5.36. The predicted octanol–water partition coefficient (Wildman–Crippen LogP) is 1.82. The Kier molecular flexibility index (Phi) is 1.93. The lowest BCUT2D eigenvalue weighted by atomic mass is 9.99. The molecule has 0 spiro atoms. The largest absolute Gasteiger partial charge is 0.405 e. The van der Waals surface area contributed by atoms with Gasteiger partial charge in [0.15, 0.2) is 0 Å². The number of nitrogens with two attached hydrogens (primary N) is 1. The van der Waals surface area contributed by atoms with E-state index in [9.17, 15) is 0 Å². The smallest absolute Gasteiger partial charge is 0.00702 e. The van der Waals surface area contributed by atoms with Crippen molar-refractivity contribution < 1.29 is 0 Å². The first kappa shape index (κ1) is 6.40. The molecule has 0 saturated carbocycles. The molecule has 0 aromatic heterocycles. The fraction of sp³-hybridized carbons (Fsp3) is 0.500. The molecular formula is C8H13N. The first-order chi connectivity index (χ1) is 4.34. The van der Waals surface area contributed by atoms with Crippen molar-refractivity contribution in [2.24, 2.45) is 11.7 Å². The van der Waals surface area contributed by atoms with Gasteiger partial charge in [0.1, 0.15) is 0 Å². The van der Waals surface area contributed by atoms with Crippen LogP contribution in [0.25, 0.3) is 0 Å². The summed E-state index contributed by atoms with van der Waals surface area (Å²) >= 11 is 0. The SMILES string of the molecule is C/C(=C\N)C1CC=CC1. The molecule has 0 saturated heterocycles. The summed E-state index contributed by atoms with van der Waals surface area (Å²) in [5, 5.41) is 0. The van der Waals surface area contributed by atoms with Gasteiger partial charge in [-0.2, -0.15) is 0 Å². The highest BCUT2D eigenvalue weighted by atomic mass is 14.5. The van der Waals surface area contributed by atoms with Crippen LogP contribution < -0.4 is 5.73 Å². The molecule has 0 unspecified atom stereocenters. The molecule has 0 fully saturated rings. The summed E-state index contributed by atoms with van der Waals surface area (Å²) in [7, 11) is 0. The summed E-state index contributed by atoms with van der Waals surface area (Å²) < 4.78 is 0. The third-order valence-electron chi connectivity index (χ3n) is 1.91. The van der Waals surface area contributed by atoms with E-state index >= 15 is 0 Å². The van der Waals surface area contributed by atoms with E-state index in [1.165, 1.54) is 18.4 Å². The van der Waals surface area contributed by atoms with Crippen LogP contribution in [-0.4, -0.2) is 0 Å². The van der Waals surface area contributed by atoms with Crippen molar-refractivity contribution in [3.63, 3.8) is 0 Å². The Morgan fingerprint density at radius 3 is 2.56 bits per heavy atom. The first-order valence-corrected chi connectivity index (χ1v) is 3.38. The fourth-order valence-corrected chi connectivity index (χ4v) is 1.13. The second-order valence-electron chi connectivity index (χ2n) is 2.55. The molecule has 1 nitrogen and oxygen atoms in total. The molecule has 0 aromatic rings. The minimum Gasteiger partial charge on any atom is -0.405 e. The summed E-state index contributed by atoms with van der Waals surface area (Å²) in [6.45, 7) is 2.09. The van der Waals surface area contributed by atoms with Gasteiger partial charge < -0.3 is 5.73 Å². The van der Waals surface area contributed by atoms with Crippen LogP contribution in [0.15, 0.2) is 23.9 Å². The highest BCUT2D eigenvalue weighted by molar-refractivity contribution is 5.10. The molecule has 50 valence electrons. The molecule has 2 N–H and O–H groups in total. The second-order valence-corrected chi connectivity index (χ2v) is 2.55. The van der Waals surface area contributed by atoms with Crippen molar-refractivity contribution in [1.29, 1.82) is 0 Å². The number of allylic oxidation sites excluding steroid dienone is 3. The molecule has 0 bridgehead atoms. The molecule has 0 heterocycles. The van der Waals surface area contributed by atoms with Crippen LogP contribution in [0.5, 0.6) is 0 Å². The standard InChI is InChI=1S/C8H13N/c1-7(6-9)8-4-2-3-5-8/h2-3,6,8H,4-5,9H2,1H3/b7-6+. The van der Waals surface area contributed by atoms with Gasteiger partial charge in [0, 0.05) is 0 Å². The summed E-state index contributed by atoms with van der Waals surface area (Å²) in [4.78, 5) is 0. The van der Waals surface area contributed by atoms with Crippen molar-refractivity contribution in [3.05, 3.63) is 23.9 Å². The minimum atomic E-state index is 0.704. The Balaban J connectivity index is 2.46. The van der Waals surface area contributed by atoms with Crippen LogP contribution >= 0.6 is 0 Å². The van der Waals surface area contributed by atoms with Gasteiger partial charge in [-0.05, 0) is 31.9 Å². The topological polar surface area (TPSA) is 26.0 Å². The van der Waals surface area contributed by atoms with E-state index in [-0.39, 0.29) is 0 Å². The lowest BCUT2D eigenvalue weighted by Gasteiger charge is -2.06. The van der Waals surface area contributed by atoms with E-state index in [1.54, 1.807) is 6.20 Å². The lowest BCUT2D eigenvalue weighted by molar-refractivity contribution is 0.667. The molecule has 0 amide bonds. The highest BCUT2D eigenvalue weighted by Crippen LogP contribution is 2.24. The van der Waals surface area contributed by atoms with E-state index in [0.717, 1.165) is 0 Å². The molecule has 1 heteroatoms. The molecule has 1 aliphatic rings. The predicted molar refractivity (Wildman–Crippen MR) is 39.8 cm³/mol. The summed E-state index contributed by atoms with van der Waals surface area (Å²) in [6, 6.07) is 0. The summed E-state index contributed by atoms with van der Waals surface area (Å²) in [6.07, 6.45) is 8.52. The van der Waals surface area contributed by atoms with Crippen LogP contribution in [0.1, 0.15) is 19.8 Å². The molecule has 1 rings (SSSR count). The van der Waals surface area contributed by atoms with Crippen molar-refractivity contribution in [2.45, 2.75) is 19.8 Å². The Bertz CT molecular complexity index is 137. The van der Waals surface area contributed by atoms with Gasteiger partial charge in [-0.15, -0.1) is 0 Å². The maximum Gasteiger partial charge on any atom is -0.00702 e. The number of rotatable bonds is 1. The molecule has 0 atom stereocenters. The Morgan fingerprint density at radius 2 is 2.11 bits per heavy atom. The number of hydrogen-bond acceptors (Lipinski definition) is 1. The molecule has 1 aliphatic carbocycles. The molecule has 0 radical (unpaired) electrons. The van der Waals surface area contributed by atoms with Gasteiger partial charge in [-0.1, -0.05) is 17.7 Å². The van der Waals surface area contributed by atoms with Crippen molar-refractivity contribution in [3.8, 4) is 0 Å². The fourth-order valence-electron chi connectivity index (χ4n) is 1.13. The average molecular weight is 123 g/mol. The Labute approximate surface area is 56.2 Å². The second kappa shape index (κ2) is 2.72. The van der Waals surface area contributed by atoms with E-state index in [0.29, 0.717) is 5.92 Å². The van der Waals surface area contributed by atoms with Crippen molar-refractivity contribution in [2.75, 3.05) is 0 Å². The highest BCUT2D eigenvalue weighted by Gasteiger charge is 2.10. The molecular weight excluding hydrogens is 110 g/mol. The Hall–Kier alpha value is -0.720. The van der Waals surface area contributed by atoms with Gasteiger partial charge in [0.25, 0.3) is 0 Å². The summed E-state index contributed by atoms with van der Waals surface area (Å²) in [5.41, 5.74) is 6.68. The van der Waals surface area contributed by atoms with Gasteiger partial charge in [0.05, 0.1) is 0 Å². The molecule has 0 aromatic carbocycles. The Morgan fingerprint density at radius 1 is 1.56 bits per heavy atom. The first-order valence-electron chi connectivity index (χ1n) is 3.38. The van der Waals surface area contributed by atoms with Crippen molar-refractivity contribution in [1.82, 2.24) is 0 Å². The van der Waals surface area contributed by atoms with E-state index in [1.807, 2.05) is 0 Å².